The van der Waals surface area contributed by atoms with Crippen molar-refractivity contribution in [3.63, 3.8) is 0 Å². The number of carbonyl (C=O) groups excluding carboxylic acids is 2. The lowest BCUT2D eigenvalue weighted by Crippen LogP contribution is -2.30. The van der Waals surface area contributed by atoms with E-state index in [0.717, 1.165) is 5.56 Å². The largest absolute Gasteiger partial charge is 0.320 e. The highest BCUT2D eigenvalue weighted by Gasteiger charge is 2.31. The highest BCUT2D eigenvalue weighted by molar-refractivity contribution is 8.26. The van der Waals surface area contributed by atoms with Gasteiger partial charge in [-0.3, -0.25) is 24.0 Å². The summed E-state index contributed by atoms with van der Waals surface area (Å²) in [6.45, 7) is 2.09. The van der Waals surface area contributed by atoms with E-state index < -0.39 is 0 Å². The summed E-state index contributed by atoms with van der Waals surface area (Å²) in [7, 11) is 1.77. The number of amides is 2. The Hall–Kier alpha value is -3.14. The number of aromatic nitrogens is 2. The van der Waals surface area contributed by atoms with Crippen LogP contribution in [-0.4, -0.2) is 36.9 Å². The monoisotopic (exact) mass is 526 g/mol. The molecule has 0 atom stereocenters. The van der Waals surface area contributed by atoms with Crippen LogP contribution in [0.5, 0.6) is 0 Å². The molecular formula is C25H23ClN4O3S2. The van der Waals surface area contributed by atoms with Crippen molar-refractivity contribution in [2.24, 2.45) is 7.05 Å². The number of thioether (sulfide) groups is 1. The molecular weight excluding hydrogens is 504 g/mol. The maximum Gasteiger partial charge on any atom is 0.295 e. The Bertz CT molecular complexity index is 1400. The second-order valence-electron chi connectivity index (χ2n) is 7.94. The molecule has 2 heterocycles. The molecule has 35 heavy (non-hydrogen) atoms. The third-order valence-corrected chi connectivity index (χ3v) is 7.39. The van der Waals surface area contributed by atoms with Gasteiger partial charge in [-0.05, 0) is 43.2 Å². The van der Waals surface area contributed by atoms with Crippen molar-refractivity contribution in [3.05, 3.63) is 86.1 Å². The molecule has 4 rings (SSSR count). The van der Waals surface area contributed by atoms with Gasteiger partial charge in [0.2, 0.25) is 5.91 Å². The topological polar surface area (TPSA) is 76.3 Å². The Balaban J connectivity index is 1.38. The highest BCUT2D eigenvalue weighted by Crippen LogP contribution is 2.33. The summed E-state index contributed by atoms with van der Waals surface area (Å²) in [6.07, 6.45) is 2.26. The van der Waals surface area contributed by atoms with Crippen LogP contribution in [0.15, 0.2) is 64.3 Å². The molecule has 0 saturated carbocycles. The minimum absolute atomic E-state index is 0.139. The number of hydrogen-bond acceptors (Lipinski definition) is 5. The molecule has 1 fully saturated rings. The van der Waals surface area contributed by atoms with Gasteiger partial charge >= 0.3 is 0 Å². The first-order valence-corrected chi connectivity index (χ1v) is 12.5. The number of nitrogens with one attached hydrogen (secondary N) is 1. The van der Waals surface area contributed by atoms with Gasteiger partial charge in [0.15, 0.2) is 0 Å². The Morgan fingerprint density at radius 2 is 1.80 bits per heavy atom. The molecule has 1 aliphatic rings. The molecule has 1 N–H and O–H groups in total. The average Bonchev–Trinajstić information content (AvgIpc) is 3.22. The van der Waals surface area contributed by atoms with Crippen LogP contribution in [0.4, 0.5) is 5.69 Å². The van der Waals surface area contributed by atoms with E-state index in [1.807, 2.05) is 48.5 Å². The van der Waals surface area contributed by atoms with Crippen LogP contribution in [0.25, 0.3) is 11.8 Å². The van der Waals surface area contributed by atoms with Gasteiger partial charge in [0.05, 0.1) is 16.3 Å². The number of halogens is 1. The maximum absolute atomic E-state index is 13.0. The molecule has 1 saturated heterocycles. The summed E-state index contributed by atoms with van der Waals surface area (Å²) in [6, 6.07) is 16.5. The fraction of sp³-hybridized carbons (Fsp3) is 0.200. The third kappa shape index (κ3) is 5.27. The highest BCUT2D eigenvalue weighted by atomic mass is 35.5. The quantitative estimate of drug-likeness (QED) is 0.355. The molecule has 0 unspecified atom stereocenters. The summed E-state index contributed by atoms with van der Waals surface area (Å²) in [5.74, 6) is -0.502. The van der Waals surface area contributed by atoms with Crippen molar-refractivity contribution >= 4 is 63.5 Å². The summed E-state index contributed by atoms with van der Waals surface area (Å²) >= 11 is 12.8. The standard InChI is InChI=1S/C25H23ClN4O3S2/c1-16-22(24(33)30(28(16)2)18-10-4-3-5-11-18)27-21(31)13-8-14-29-23(32)20(35-25(29)34)15-17-9-6-7-12-19(17)26/h3-7,9-12,15H,8,13-14H2,1-2H3,(H,27,31)/b20-15-. The molecule has 180 valence electrons. The Morgan fingerprint density at radius 3 is 2.51 bits per heavy atom. The van der Waals surface area contributed by atoms with Gasteiger partial charge < -0.3 is 5.32 Å². The van der Waals surface area contributed by atoms with E-state index in [2.05, 4.69) is 5.32 Å². The number of rotatable bonds is 7. The van der Waals surface area contributed by atoms with Crippen molar-refractivity contribution in [1.82, 2.24) is 14.3 Å². The van der Waals surface area contributed by atoms with E-state index in [0.29, 0.717) is 38.6 Å². The zero-order chi connectivity index (χ0) is 25.1. The summed E-state index contributed by atoms with van der Waals surface area (Å²) in [5.41, 5.74) is 2.05. The third-order valence-electron chi connectivity index (χ3n) is 5.67. The molecule has 7 nitrogen and oxygen atoms in total. The molecule has 2 amide bonds. The van der Waals surface area contributed by atoms with E-state index in [4.69, 9.17) is 23.8 Å². The smallest absolute Gasteiger partial charge is 0.295 e. The normalized spacial score (nSPS) is 14.7. The summed E-state index contributed by atoms with van der Waals surface area (Å²) in [4.78, 5) is 40.4. The molecule has 1 aromatic heterocycles. The van der Waals surface area contributed by atoms with Crippen LogP contribution >= 0.6 is 35.6 Å². The van der Waals surface area contributed by atoms with Gasteiger partial charge in [0.25, 0.3) is 11.5 Å². The fourth-order valence-corrected chi connectivity index (χ4v) is 5.23. The Kier molecular flexibility index (Phi) is 7.59. The lowest BCUT2D eigenvalue weighted by Gasteiger charge is -2.14. The zero-order valence-electron chi connectivity index (χ0n) is 19.2. The van der Waals surface area contributed by atoms with Crippen LogP contribution < -0.4 is 10.9 Å². The number of para-hydroxylation sites is 1. The number of anilines is 1. The minimum atomic E-state index is -0.300. The van der Waals surface area contributed by atoms with Crippen molar-refractivity contribution in [2.75, 3.05) is 11.9 Å². The number of thiocarbonyl (C=S) groups is 1. The fourth-order valence-electron chi connectivity index (χ4n) is 3.74. The SMILES string of the molecule is Cc1c(NC(=O)CCCN2C(=O)/C(=C/c3ccccc3Cl)SC2=S)c(=O)n(-c2ccccc2)n1C. The number of benzene rings is 2. The minimum Gasteiger partial charge on any atom is -0.320 e. The predicted molar refractivity (Wildman–Crippen MR) is 145 cm³/mol. The zero-order valence-corrected chi connectivity index (χ0v) is 21.5. The van der Waals surface area contributed by atoms with Crippen LogP contribution in [0.1, 0.15) is 24.1 Å². The molecule has 0 spiro atoms. The molecule has 0 aliphatic carbocycles. The van der Waals surface area contributed by atoms with Gasteiger partial charge in [-0.2, -0.15) is 0 Å². The second-order valence-corrected chi connectivity index (χ2v) is 10.0. The Morgan fingerprint density at radius 1 is 1.11 bits per heavy atom. The number of carbonyl (C=O) groups is 2. The molecule has 1 aliphatic heterocycles. The molecule has 2 aromatic carbocycles. The van der Waals surface area contributed by atoms with Crippen LogP contribution in [0, 0.1) is 6.92 Å². The van der Waals surface area contributed by atoms with Gasteiger partial charge in [-0.15, -0.1) is 0 Å². The lowest BCUT2D eigenvalue weighted by molar-refractivity contribution is -0.122. The van der Waals surface area contributed by atoms with Crippen molar-refractivity contribution in [1.29, 1.82) is 0 Å². The van der Waals surface area contributed by atoms with Crippen molar-refractivity contribution < 1.29 is 9.59 Å². The maximum atomic E-state index is 13.0. The predicted octanol–water partition coefficient (Wildman–Crippen LogP) is 4.76. The number of nitrogens with zero attached hydrogens (tertiary/aromatic N) is 3. The summed E-state index contributed by atoms with van der Waals surface area (Å²) in [5, 5.41) is 3.30. The van der Waals surface area contributed by atoms with Crippen LogP contribution in [0.2, 0.25) is 5.02 Å². The van der Waals surface area contributed by atoms with Crippen LogP contribution in [-0.2, 0) is 16.6 Å². The van der Waals surface area contributed by atoms with Crippen LogP contribution in [0.3, 0.4) is 0 Å². The van der Waals surface area contributed by atoms with Gasteiger partial charge in [-0.1, -0.05) is 72.0 Å². The van der Waals surface area contributed by atoms with E-state index in [1.54, 1.807) is 30.8 Å². The first-order chi connectivity index (χ1) is 16.8. The first kappa shape index (κ1) is 25.0. The number of hydrogen-bond donors (Lipinski definition) is 1. The summed E-state index contributed by atoms with van der Waals surface area (Å²) < 4.78 is 3.66. The van der Waals surface area contributed by atoms with Crippen molar-refractivity contribution in [2.45, 2.75) is 19.8 Å². The molecule has 3 aromatic rings. The first-order valence-electron chi connectivity index (χ1n) is 10.9. The van der Waals surface area contributed by atoms with Gasteiger partial charge in [-0.25, -0.2) is 4.68 Å². The van der Waals surface area contributed by atoms with E-state index >= 15 is 0 Å². The Labute approximate surface area is 217 Å². The van der Waals surface area contributed by atoms with Gasteiger partial charge in [0, 0.05) is 25.0 Å². The average molecular weight is 527 g/mol. The van der Waals surface area contributed by atoms with E-state index in [1.165, 1.54) is 21.3 Å². The molecule has 10 heteroatoms. The molecule has 0 radical (unpaired) electrons. The van der Waals surface area contributed by atoms with E-state index in [-0.39, 0.29) is 29.5 Å². The molecule has 0 bridgehead atoms. The van der Waals surface area contributed by atoms with Gasteiger partial charge in [0.1, 0.15) is 10.0 Å². The van der Waals surface area contributed by atoms with Crippen molar-refractivity contribution in [3.8, 4) is 5.69 Å². The lowest BCUT2D eigenvalue weighted by atomic mass is 10.2. The second kappa shape index (κ2) is 10.6. The van der Waals surface area contributed by atoms with E-state index in [9.17, 15) is 14.4 Å².